The van der Waals surface area contributed by atoms with Crippen LogP contribution < -0.4 is 11.1 Å². The third-order valence-electron chi connectivity index (χ3n) is 5.87. The Kier molecular flexibility index (Phi) is 5.24. The van der Waals surface area contributed by atoms with Crippen molar-refractivity contribution >= 4 is 40.0 Å². The third kappa shape index (κ3) is 3.92. The topological polar surface area (TPSA) is 105 Å². The van der Waals surface area contributed by atoms with Gasteiger partial charge in [0.2, 0.25) is 5.95 Å². The first-order valence-electron chi connectivity index (χ1n) is 11.0. The summed E-state index contributed by atoms with van der Waals surface area (Å²) in [6.07, 6.45) is 1.75. The molecule has 6 rings (SSSR count). The highest BCUT2D eigenvalue weighted by Gasteiger charge is 2.23. The van der Waals surface area contributed by atoms with E-state index in [0.717, 1.165) is 44.9 Å². The van der Waals surface area contributed by atoms with Gasteiger partial charge in [-0.3, -0.25) is 4.99 Å². The van der Waals surface area contributed by atoms with Crippen molar-refractivity contribution in [1.82, 2.24) is 19.9 Å². The molecule has 35 heavy (non-hydrogen) atoms. The van der Waals surface area contributed by atoms with Crippen molar-refractivity contribution in [2.45, 2.75) is 13.1 Å². The fraction of sp³-hybridized carbons (Fsp3) is 0.0769. The number of H-pyrrole nitrogens is 1. The summed E-state index contributed by atoms with van der Waals surface area (Å²) in [7, 11) is 0. The molecule has 2 aromatic heterocycles. The van der Waals surface area contributed by atoms with Gasteiger partial charge in [-0.2, -0.15) is 0 Å². The molecule has 0 amide bonds. The van der Waals surface area contributed by atoms with E-state index in [9.17, 15) is 4.39 Å². The van der Waals surface area contributed by atoms with Gasteiger partial charge < -0.3 is 16.0 Å². The van der Waals surface area contributed by atoms with E-state index in [2.05, 4.69) is 20.3 Å². The highest BCUT2D eigenvalue weighted by molar-refractivity contribution is 6.31. The molecule has 0 saturated heterocycles. The Balaban J connectivity index is 1.42. The minimum absolute atomic E-state index is 0.313. The molecule has 0 fully saturated rings. The predicted octanol–water partition coefficient (Wildman–Crippen LogP) is 5.37. The molecule has 9 heteroatoms. The number of imidazole rings is 1. The van der Waals surface area contributed by atoms with Gasteiger partial charge in [-0.25, -0.2) is 19.3 Å². The van der Waals surface area contributed by atoms with E-state index >= 15 is 0 Å². The van der Waals surface area contributed by atoms with Gasteiger partial charge in [-0.05, 0) is 42.5 Å². The van der Waals surface area contributed by atoms with Crippen LogP contribution >= 0.6 is 11.6 Å². The van der Waals surface area contributed by atoms with E-state index in [1.165, 1.54) is 6.07 Å². The molecular weight excluding hydrogens is 465 g/mol. The first-order valence-corrected chi connectivity index (χ1v) is 11.4. The molecule has 3 heterocycles. The van der Waals surface area contributed by atoms with Gasteiger partial charge in [0.15, 0.2) is 0 Å². The van der Waals surface area contributed by atoms with Crippen molar-refractivity contribution < 1.29 is 4.39 Å². The predicted molar refractivity (Wildman–Crippen MR) is 135 cm³/mol. The summed E-state index contributed by atoms with van der Waals surface area (Å²) < 4.78 is 14.7. The third-order valence-corrected chi connectivity index (χ3v) is 6.11. The van der Waals surface area contributed by atoms with Crippen LogP contribution in [0.4, 0.5) is 16.0 Å². The number of benzene rings is 3. The van der Waals surface area contributed by atoms with Crippen LogP contribution in [-0.4, -0.2) is 25.6 Å². The second-order valence-corrected chi connectivity index (χ2v) is 8.58. The zero-order valence-corrected chi connectivity index (χ0v) is 19.1. The number of anilines is 2. The van der Waals surface area contributed by atoms with Crippen LogP contribution in [0.1, 0.15) is 22.5 Å². The fourth-order valence-corrected chi connectivity index (χ4v) is 4.41. The molecule has 7 nitrogen and oxygen atoms in total. The SMILES string of the molecule is NCc1nc2ccc(Nc3ncc4c(n3)-c3ccc(Cl)cc3C(c3ccccc3F)=NC4)cc2[nH]1. The maximum absolute atomic E-state index is 14.7. The molecule has 0 bridgehead atoms. The lowest BCUT2D eigenvalue weighted by atomic mass is 9.95. The molecule has 0 spiro atoms. The molecule has 0 saturated carbocycles. The molecule has 0 atom stereocenters. The molecule has 4 N–H and O–H groups in total. The quantitative estimate of drug-likeness (QED) is 0.319. The molecule has 3 aromatic carbocycles. The number of nitrogens with one attached hydrogen (secondary N) is 2. The second kappa shape index (κ2) is 8.57. The van der Waals surface area contributed by atoms with Crippen molar-refractivity contribution in [1.29, 1.82) is 0 Å². The molecular formula is C26H19ClFN7. The Morgan fingerprint density at radius 2 is 1.89 bits per heavy atom. The Bertz CT molecular complexity index is 1630. The van der Waals surface area contributed by atoms with Crippen molar-refractivity contribution in [3.05, 3.63) is 100 Å². The number of halogens is 2. The minimum atomic E-state index is -0.344. The minimum Gasteiger partial charge on any atom is -0.341 e. The van der Waals surface area contributed by atoms with Gasteiger partial charge in [0.25, 0.3) is 0 Å². The molecule has 172 valence electrons. The normalized spacial score (nSPS) is 12.6. The van der Waals surface area contributed by atoms with E-state index in [1.807, 2.05) is 24.3 Å². The lowest BCUT2D eigenvalue weighted by Gasteiger charge is -2.13. The Morgan fingerprint density at radius 3 is 2.74 bits per heavy atom. The van der Waals surface area contributed by atoms with Crippen molar-refractivity contribution in [3.63, 3.8) is 0 Å². The fourth-order valence-electron chi connectivity index (χ4n) is 4.23. The number of rotatable bonds is 4. The van der Waals surface area contributed by atoms with Crippen LogP contribution in [0.25, 0.3) is 22.3 Å². The van der Waals surface area contributed by atoms with Crippen LogP contribution in [0.5, 0.6) is 0 Å². The number of nitrogens with zero attached hydrogens (tertiary/aromatic N) is 4. The Hall–Kier alpha value is -4.14. The Labute approximate surface area is 204 Å². The van der Waals surface area contributed by atoms with Gasteiger partial charge in [-0.1, -0.05) is 29.8 Å². The van der Waals surface area contributed by atoms with E-state index in [0.29, 0.717) is 35.3 Å². The first-order chi connectivity index (χ1) is 17.1. The van der Waals surface area contributed by atoms with Gasteiger partial charge >= 0.3 is 0 Å². The summed E-state index contributed by atoms with van der Waals surface area (Å²) in [5, 5.41) is 3.80. The zero-order chi connectivity index (χ0) is 23.9. The lowest BCUT2D eigenvalue weighted by molar-refractivity contribution is 0.625. The number of fused-ring (bicyclic) bond motifs is 4. The smallest absolute Gasteiger partial charge is 0.227 e. The van der Waals surface area contributed by atoms with E-state index in [4.69, 9.17) is 27.3 Å². The summed E-state index contributed by atoms with van der Waals surface area (Å²) >= 11 is 6.34. The number of hydrogen-bond donors (Lipinski definition) is 3. The van der Waals surface area contributed by atoms with Crippen LogP contribution in [0.3, 0.4) is 0 Å². The molecule has 1 aliphatic heterocycles. The molecule has 1 aliphatic rings. The average Bonchev–Trinajstić information content (AvgIpc) is 3.21. The maximum Gasteiger partial charge on any atom is 0.227 e. The number of aromatic nitrogens is 4. The monoisotopic (exact) mass is 483 g/mol. The van der Waals surface area contributed by atoms with E-state index < -0.39 is 0 Å². The molecule has 0 radical (unpaired) electrons. The van der Waals surface area contributed by atoms with Gasteiger partial charge in [0, 0.05) is 39.2 Å². The second-order valence-electron chi connectivity index (χ2n) is 8.15. The van der Waals surface area contributed by atoms with Gasteiger partial charge in [0.1, 0.15) is 11.6 Å². The summed E-state index contributed by atoms with van der Waals surface area (Å²) in [6, 6.07) is 17.8. The van der Waals surface area contributed by atoms with Crippen molar-refractivity contribution in [2.24, 2.45) is 10.7 Å². The van der Waals surface area contributed by atoms with Crippen LogP contribution in [0, 0.1) is 5.82 Å². The summed E-state index contributed by atoms with van der Waals surface area (Å²) in [5.74, 6) is 0.805. The van der Waals surface area contributed by atoms with Crippen molar-refractivity contribution in [3.8, 4) is 11.3 Å². The van der Waals surface area contributed by atoms with Gasteiger partial charge in [0.05, 0.1) is 35.5 Å². The number of nitrogens with two attached hydrogens (primary N) is 1. The summed E-state index contributed by atoms with van der Waals surface area (Å²) in [5.41, 5.74) is 12.2. The largest absolute Gasteiger partial charge is 0.341 e. The van der Waals surface area contributed by atoms with E-state index in [1.54, 1.807) is 36.5 Å². The number of aromatic amines is 1. The van der Waals surface area contributed by atoms with Crippen molar-refractivity contribution in [2.75, 3.05) is 5.32 Å². The summed E-state index contributed by atoms with van der Waals surface area (Å²) in [6.45, 7) is 0.652. The Morgan fingerprint density at radius 1 is 1.00 bits per heavy atom. The lowest BCUT2D eigenvalue weighted by Crippen LogP contribution is -2.07. The highest BCUT2D eigenvalue weighted by Crippen LogP contribution is 2.34. The zero-order valence-electron chi connectivity index (χ0n) is 18.4. The molecule has 5 aromatic rings. The standard InChI is InChI=1S/C26H19ClFN7/c27-15-5-7-17-19(9-15)25(18-3-1-2-4-20(18)28)30-12-14-13-31-26(35-24(14)17)32-16-6-8-21-22(10-16)34-23(11-29)33-21/h1-10,13H,11-12,29H2,(H,33,34)(H,31,32,35). The number of aliphatic imine (C=N–C) groups is 1. The number of hydrogen-bond acceptors (Lipinski definition) is 6. The summed E-state index contributed by atoms with van der Waals surface area (Å²) in [4.78, 5) is 21.7. The molecule has 0 aliphatic carbocycles. The average molecular weight is 484 g/mol. The van der Waals surface area contributed by atoms with Crippen LogP contribution in [0.2, 0.25) is 5.02 Å². The first kappa shape index (κ1) is 21.4. The van der Waals surface area contributed by atoms with Gasteiger partial charge in [-0.15, -0.1) is 0 Å². The van der Waals surface area contributed by atoms with E-state index in [-0.39, 0.29) is 5.82 Å². The van der Waals surface area contributed by atoms with Crippen LogP contribution in [0.15, 0.2) is 71.9 Å². The maximum atomic E-state index is 14.7. The molecule has 0 unspecified atom stereocenters. The van der Waals surface area contributed by atoms with Crippen LogP contribution in [-0.2, 0) is 13.1 Å². The highest BCUT2D eigenvalue weighted by atomic mass is 35.5.